The number of amides is 2. The Bertz CT molecular complexity index is 1140. The van der Waals surface area contributed by atoms with Crippen molar-refractivity contribution in [2.24, 2.45) is 5.41 Å². The normalized spacial score (nSPS) is 18.9. The van der Waals surface area contributed by atoms with E-state index in [1.807, 2.05) is 12.1 Å². The highest BCUT2D eigenvalue weighted by atomic mass is 32.2. The molecule has 36 heavy (non-hydrogen) atoms. The number of nitrogens with one attached hydrogen (secondary N) is 2. The SMILES string of the molecule is CNC(=O)CCC(C=O)N1Cc2c(SCc3cccc(CNC4CC5(CCC5)C4)c3)cccc2C1=O. The van der Waals surface area contributed by atoms with E-state index in [-0.39, 0.29) is 18.2 Å². The number of rotatable bonds is 11. The summed E-state index contributed by atoms with van der Waals surface area (Å²) in [5, 5.41) is 6.31. The van der Waals surface area contributed by atoms with Crippen LogP contribution >= 0.6 is 11.8 Å². The summed E-state index contributed by atoms with van der Waals surface area (Å²) in [7, 11) is 1.57. The molecule has 3 aliphatic rings. The average molecular weight is 506 g/mol. The highest BCUT2D eigenvalue weighted by Crippen LogP contribution is 2.55. The molecule has 2 fully saturated rings. The topological polar surface area (TPSA) is 78.5 Å². The third-order valence-electron chi connectivity index (χ3n) is 8.21. The number of carbonyl (C=O) groups is 3. The van der Waals surface area contributed by atoms with Gasteiger partial charge in [0, 0.05) is 48.8 Å². The maximum absolute atomic E-state index is 13.1. The quantitative estimate of drug-likeness (QED) is 0.349. The molecule has 6 nitrogen and oxygen atoms in total. The predicted octanol–water partition coefficient (Wildman–Crippen LogP) is 4.45. The van der Waals surface area contributed by atoms with Gasteiger partial charge in [-0.15, -0.1) is 11.8 Å². The van der Waals surface area contributed by atoms with Crippen LogP contribution in [0.1, 0.15) is 72.0 Å². The molecule has 0 radical (unpaired) electrons. The molecule has 2 N–H and O–H groups in total. The van der Waals surface area contributed by atoms with E-state index in [1.54, 1.807) is 23.7 Å². The molecule has 1 atom stereocenters. The Morgan fingerprint density at radius 3 is 2.69 bits per heavy atom. The molecule has 2 aromatic rings. The van der Waals surface area contributed by atoms with Crippen LogP contribution in [0.25, 0.3) is 0 Å². The van der Waals surface area contributed by atoms with E-state index >= 15 is 0 Å². The van der Waals surface area contributed by atoms with Crippen molar-refractivity contribution in [3.05, 3.63) is 64.7 Å². The first-order valence-corrected chi connectivity index (χ1v) is 14.0. The lowest BCUT2D eigenvalue weighted by atomic mass is 9.54. The Labute approximate surface area is 217 Å². The Kier molecular flexibility index (Phi) is 7.49. The zero-order chi connectivity index (χ0) is 25.1. The van der Waals surface area contributed by atoms with Crippen molar-refractivity contribution in [3.63, 3.8) is 0 Å². The molecule has 1 heterocycles. The van der Waals surface area contributed by atoms with Crippen LogP contribution in [0.4, 0.5) is 0 Å². The lowest BCUT2D eigenvalue weighted by molar-refractivity contribution is -0.121. The van der Waals surface area contributed by atoms with E-state index in [1.165, 1.54) is 43.2 Å². The Hall–Kier alpha value is -2.64. The fourth-order valence-corrected chi connectivity index (χ4v) is 6.92. The smallest absolute Gasteiger partial charge is 0.255 e. The second-order valence-corrected chi connectivity index (χ2v) is 11.6. The first-order valence-electron chi connectivity index (χ1n) is 13.0. The maximum Gasteiger partial charge on any atom is 0.255 e. The number of nitrogens with zero attached hydrogens (tertiary/aromatic N) is 1. The summed E-state index contributed by atoms with van der Waals surface area (Å²) in [5.74, 6) is 0.558. The molecular weight excluding hydrogens is 470 g/mol. The van der Waals surface area contributed by atoms with Crippen LogP contribution in [0.3, 0.4) is 0 Å². The van der Waals surface area contributed by atoms with Crippen LogP contribution in [-0.2, 0) is 28.4 Å². The fraction of sp³-hybridized carbons (Fsp3) is 0.483. The minimum atomic E-state index is -0.598. The lowest BCUT2D eigenvalue weighted by Crippen LogP contribution is -2.51. The van der Waals surface area contributed by atoms with Crippen molar-refractivity contribution in [3.8, 4) is 0 Å². The lowest BCUT2D eigenvalue weighted by Gasteiger charge is -2.54. The van der Waals surface area contributed by atoms with Gasteiger partial charge in [-0.05, 0) is 66.3 Å². The van der Waals surface area contributed by atoms with Crippen molar-refractivity contribution in [2.75, 3.05) is 7.05 Å². The van der Waals surface area contributed by atoms with E-state index in [0.717, 1.165) is 29.0 Å². The van der Waals surface area contributed by atoms with Crippen molar-refractivity contribution in [1.29, 1.82) is 0 Å². The number of fused-ring (bicyclic) bond motifs is 1. The van der Waals surface area contributed by atoms with E-state index < -0.39 is 6.04 Å². The summed E-state index contributed by atoms with van der Waals surface area (Å²) in [4.78, 5) is 39.1. The molecule has 1 unspecified atom stereocenters. The van der Waals surface area contributed by atoms with Gasteiger partial charge < -0.3 is 20.3 Å². The van der Waals surface area contributed by atoms with Crippen molar-refractivity contribution < 1.29 is 14.4 Å². The molecule has 0 bridgehead atoms. The van der Waals surface area contributed by atoms with Gasteiger partial charge in [0.05, 0.1) is 6.04 Å². The minimum absolute atomic E-state index is 0.130. The third kappa shape index (κ3) is 5.23. The Morgan fingerprint density at radius 1 is 1.19 bits per heavy atom. The molecule has 0 aromatic heterocycles. The summed E-state index contributed by atoms with van der Waals surface area (Å²) in [5.41, 5.74) is 4.91. The summed E-state index contributed by atoms with van der Waals surface area (Å²) >= 11 is 1.73. The van der Waals surface area contributed by atoms with Crippen LogP contribution in [0, 0.1) is 5.41 Å². The van der Waals surface area contributed by atoms with Gasteiger partial charge in [0.15, 0.2) is 0 Å². The zero-order valence-electron chi connectivity index (χ0n) is 20.9. The highest BCUT2D eigenvalue weighted by Gasteiger charge is 2.47. The Balaban J connectivity index is 1.18. The van der Waals surface area contributed by atoms with Crippen LogP contribution in [0.2, 0.25) is 0 Å². The molecular formula is C29H35N3O3S. The number of thioether (sulfide) groups is 1. The molecule has 7 heteroatoms. The number of hydrogen-bond acceptors (Lipinski definition) is 5. The van der Waals surface area contributed by atoms with Gasteiger partial charge >= 0.3 is 0 Å². The van der Waals surface area contributed by atoms with E-state index in [4.69, 9.17) is 0 Å². The number of hydrogen-bond donors (Lipinski definition) is 2. The summed E-state index contributed by atoms with van der Waals surface area (Å²) in [6.07, 6.45) is 8.28. The number of aldehydes is 1. The molecule has 2 aromatic carbocycles. The number of carbonyl (C=O) groups excluding carboxylic acids is 3. The van der Waals surface area contributed by atoms with Crippen LogP contribution < -0.4 is 10.6 Å². The average Bonchev–Trinajstić information content (AvgIpc) is 3.18. The first kappa shape index (κ1) is 25.0. The summed E-state index contributed by atoms with van der Waals surface area (Å²) < 4.78 is 0. The Morgan fingerprint density at radius 2 is 1.97 bits per heavy atom. The number of benzene rings is 2. The zero-order valence-corrected chi connectivity index (χ0v) is 21.7. The highest BCUT2D eigenvalue weighted by molar-refractivity contribution is 7.98. The van der Waals surface area contributed by atoms with Gasteiger partial charge in [-0.25, -0.2) is 0 Å². The second kappa shape index (κ2) is 10.8. The van der Waals surface area contributed by atoms with Crippen LogP contribution in [0.15, 0.2) is 47.4 Å². The molecule has 2 aliphatic carbocycles. The first-order chi connectivity index (χ1) is 17.5. The molecule has 2 saturated carbocycles. The van der Waals surface area contributed by atoms with E-state index in [9.17, 15) is 14.4 Å². The van der Waals surface area contributed by atoms with Gasteiger partial charge in [0.1, 0.15) is 6.29 Å². The fourth-order valence-electron chi connectivity index (χ4n) is 5.90. The molecule has 190 valence electrons. The predicted molar refractivity (Wildman–Crippen MR) is 142 cm³/mol. The van der Waals surface area contributed by atoms with Crippen LogP contribution in [-0.4, -0.2) is 42.1 Å². The maximum atomic E-state index is 13.1. The largest absolute Gasteiger partial charge is 0.359 e. The van der Waals surface area contributed by atoms with Crippen molar-refractivity contribution in [1.82, 2.24) is 15.5 Å². The summed E-state index contributed by atoms with van der Waals surface area (Å²) in [6.45, 7) is 1.31. The molecule has 1 spiro atoms. The van der Waals surface area contributed by atoms with Crippen molar-refractivity contribution >= 4 is 29.9 Å². The molecule has 5 rings (SSSR count). The van der Waals surface area contributed by atoms with E-state index in [0.29, 0.717) is 30.0 Å². The van der Waals surface area contributed by atoms with Gasteiger partial charge in [-0.3, -0.25) is 9.59 Å². The van der Waals surface area contributed by atoms with Crippen molar-refractivity contribution in [2.45, 2.75) is 80.8 Å². The standard InChI is InChI=1S/C29H35N3O3S/c1-30-27(34)10-9-23(18-33)32-17-25-24(28(32)35)7-3-8-26(25)36-19-21-6-2-5-20(13-21)16-31-22-14-29(15-22)11-4-12-29/h2-3,5-8,13,18,22-23,31H,4,9-12,14-17,19H2,1H3,(H,30,34). The van der Waals surface area contributed by atoms with E-state index in [2.05, 4.69) is 41.0 Å². The van der Waals surface area contributed by atoms with Gasteiger partial charge in [-0.1, -0.05) is 36.8 Å². The van der Waals surface area contributed by atoms with Gasteiger partial charge in [0.2, 0.25) is 5.91 Å². The molecule has 0 saturated heterocycles. The molecule has 1 aliphatic heterocycles. The monoisotopic (exact) mass is 505 g/mol. The molecule has 2 amide bonds. The van der Waals surface area contributed by atoms with Gasteiger partial charge in [0.25, 0.3) is 5.91 Å². The van der Waals surface area contributed by atoms with Gasteiger partial charge in [-0.2, -0.15) is 0 Å². The minimum Gasteiger partial charge on any atom is -0.359 e. The second-order valence-electron chi connectivity index (χ2n) is 10.6. The summed E-state index contributed by atoms with van der Waals surface area (Å²) in [6, 6.07) is 14.6. The third-order valence-corrected chi connectivity index (χ3v) is 9.38. The van der Waals surface area contributed by atoms with Crippen LogP contribution in [0.5, 0.6) is 0 Å².